The van der Waals surface area contributed by atoms with Crippen molar-refractivity contribution >= 4 is 18.6 Å². The number of esters is 1. The van der Waals surface area contributed by atoms with Crippen LogP contribution in [0.25, 0.3) is 0 Å². The van der Waals surface area contributed by atoms with Gasteiger partial charge in [-0.05, 0) is 42.7 Å². The van der Waals surface area contributed by atoms with E-state index in [1.54, 1.807) is 12.1 Å². The third-order valence-electron chi connectivity index (χ3n) is 4.98. The van der Waals surface area contributed by atoms with Crippen molar-refractivity contribution in [1.82, 2.24) is 0 Å². The van der Waals surface area contributed by atoms with Crippen LogP contribution in [0.15, 0.2) is 30.3 Å². The van der Waals surface area contributed by atoms with Gasteiger partial charge in [-0.2, -0.15) is 0 Å². The van der Waals surface area contributed by atoms with Gasteiger partial charge in [-0.15, -0.1) is 0 Å². The molecule has 0 saturated heterocycles. The van der Waals surface area contributed by atoms with Crippen molar-refractivity contribution in [2.75, 3.05) is 13.3 Å². The van der Waals surface area contributed by atoms with Crippen LogP contribution < -0.4 is 5.30 Å². The summed E-state index contributed by atoms with van der Waals surface area (Å²) in [6.07, 6.45) is 2.86. The summed E-state index contributed by atoms with van der Waals surface area (Å²) in [7, 11) is -1.97. The standard InChI is InChI=1S/C19H29O4P/c1-14(2)17-11-10-15(3)12-18(17)23-24(21,13-19(20)22-4)16-8-6-5-7-9-16/h5-9,14-15,17-18H,10-13H2,1-4H3. The molecule has 0 radical (unpaired) electrons. The van der Waals surface area contributed by atoms with Gasteiger partial charge in [0.15, 0.2) is 0 Å². The number of hydrogen-bond donors (Lipinski definition) is 0. The molecule has 4 nitrogen and oxygen atoms in total. The molecule has 0 aromatic heterocycles. The van der Waals surface area contributed by atoms with Crippen LogP contribution in [0, 0.1) is 17.8 Å². The molecule has 0 aliphatic heterocycles. The first-order valence-electron chi connectivity index (χ1n) is 8.75. The van der Waals surface area contributed by atoms with Gasteiger partial charge in [-0.3, -0.25) is 9.36 Å². The monoisotopic (exact) mass is 352 g/mol. The van der Waals surface area contributed by atoms with Gasteiger partial charge in [0, 0.05) is 5.30 Å². The molecule has 1 saturated carbocycles. The van der Waals surface area contributed by atoms with E-state index in [1.165, 1.54) is 13.5 Å². The Labute approximate surface area is 145 Å². The second-order valence-electron chi connectivity index (χ2n) is 7.21. The molecule has 2 rings (SSSR count). The third-order valence-corrected chi connectivity index (χ3v) is 7.35. The van der Waals surface area contributed by atoms with Crippen molar-refractivity contribution in [1.29, 1.82) is 0 Å². The summed E-state index contributed by atoms with van der Waals surface area (Å²) in [5, 5.41) is 0.594. The van der Waals surface area contributed by atoms with Gasteiger partial charge in [-0.25, -0.2) is 0 Å². The van der Waals surface area contributed by atoms with Crippen LogP contribution in [0.1, 0.15) is 40.0 Å². The molecular weight excluding hydrogens is 323 g/mol. The van der Waals surface area contributed by atoms with Crippen molar-refractivity contribution in [3.8, 4) is 0 Å². The van der Waals surface area contributed by atoms with E-state index in [1.807, 2.05) is 18.2 Å². The summed E-state index contributed by atoms with van der Waals surface area (Å²) < 4.78 is 24.6. The molecule has 4 unspecified atom stereocenters. The third kappa shape index (κ3) is 4.70. The minimum atomic E-state index is -3.29. The highest BCUT2D eigenvalue weighted by molar-refractivity contribution is 7.67. The zero-order valence-corrected chi connectivity index (χ0v) is 16.0. The Kier molecular flexibility index (Phi) is 6.65. The van der Waals surface area contributed by atoms with Crippen LogP contribution >= 0.6 is 7.37 Å². The number of benzene rings is 1. The number of hydrogen-bond acceptors (Lipinski definition) is 4. The van der Waals surface area contributed by atoms with Gasteiger partial charge in [0.2, 0.25) is 7.37 Å². The largest absolute Gasteiger partial charge is 0.469 e. The average molecular weight is 352 g/mol. The molecule has 0 spiro atoms. The second-order valence-corrected chi connectivity index (χ2v) is 9.60. The maximum Gasteiger partial charge on any atom is 0.315 e. The first kappa shape index (κ1) is 19.2. The summed E-state index contributed by atoms with van der Waals surface area (Å²) in [5.74, 6) is 0.889. The Morgan fingerprint density at radius 1 is 1.25 bits per heavy atom. The maximum absolute atomic E-state index is 13.6. The van der Waals surface area contributed by atoms with Crippen LogP contribution in [-0.4, -0.2) is 25.3 Å². The van der Waals surface area contributed by atoms with Crippen LogP contribution in [-0.2, 0) is 18.6 Å². The number of methoxy groups -OCH3 is 1. The van der Waals surface area contributed by atoms with Crippen LogP contribution in [0.2, 0.25) is 0 Å². The van der Waals surface area contributed by atoms with Gasteiger partial charge in [0.05, 0.1) is 13.2 Å². The number of carbonyl (C=O) groups excluding carboxylic acids is 1. The summed E-state index contributed by atoms with van der Waals surface area (Å²) in [4.78, 5) is 11.8. The predicted molar refractivity (Wildman–Crippen MR) is 96.8 cm³/mol. The molecule has 1 fully saturated rings. The van der Waals surface area contributed by atoms with Crippen LogP contribution in [0.5, 0.6) is 0 Å². The van der Waals surface area contributed by atoms with Gasteiger partial charge in [0.25, 0.3) is 0 Å². The molecule has 5 heteroatoms. The first-order chi connectivity index (χ1) is 11.4. The molecule has 1 aromatic carbocycles. The Balaban J connectivity index is 2.29. The van der Waals surface area contributed by atoms with E-state index in [0.717, 1.165) is 12.8 Å². The molecule has 0 amide bonds. The first-order valence-corrected chi connectivity index (χ1v) is 10.6. The van der Waals surface area contributed by atoms with E-state index in [2.05, 4.69) is 20.8 Å². The molecule has 4 atom stereocenters. The number of carbonyl (C=O) groups is 1. The highest BCUT2D eigenvalue weighted by atomic mass is 31.2. The summed E-state index contributed by atoms with van der Waals surface area (Å²) in [6, 6.07) is 9.07. The quantitative estimate of drug-likeness (QED) is 0.568. The number of rotatable bonds is 6. The average Bonchev–Trinajstić information content (AvgIpc) is 2.55. The highest BCUT2D eigenvalue weighted by Gasteiger charge is 2.39. The summed E-state index contributed by atoms with van der Waals surface area (Å²) in [6.45, 7) is 6.58. The topological polar surface area (TPSA) is 52.6 Å². The van der Waals surface area contributed by atoms with Crippen molar-refractivity contribution in [3.05, 3.63) is 30.3 Å². The molecule has 1 aromatic rings. The maximum atomic E-state index is 13.6. The SMILES string of the molecule is COC(=O)CP(=O)(OC1CC(C)CCC1C(C)C)c1ccccc1. The molecule has 134 valence electrons. The zero-order valence-electron chi connectivity index (χ0n) is 15.1. The normalized spacial score (nSPS) is 26.8. The van der Waals surface area contributed by atoms with Crippen molar-refractivity contribution in [2.24, 2.45) is 17.8 Å². The zero-order chi connectivity index (χ0) is 17.7. The van der Waals surface area contributed by atoms with Crippen molar-refractivity contribution in [3.63, 3.8) is 0 Å². The molecule has 1 aliphatic rings. The van der Waals surface area contributed by atoms with Crippen molar-refractivity contribution in [2.45, 2.75) is 46.1 Å². The van der Waals surface area contributed by atoms with Gasteiger partial charge in [0.1, 0.15) is 6.16 Å². The molecule has 0 bridgehead atoms. The molecular formula is C19H29O4P. The molecule has 24 heavy (non-hydrogen) atoms. The van der Waals surface area contributed by atoms with Crippen LogP contribution in [0.4, 0.5) is 0 Å². The molecule has 1 aliphatic carbocycles. The molecule has 0 heterocycles. The Morgan fingerprint density at radius 3 is 2.50 bits per heavy atom. The van der Waals surface area contributed by atoms with E-state index in [0.29, 0.717) is 23.1 Å². The Hall–Kier alpha value is -1.12. The van der Waals surface area contributed by atoms with Crippen molar-refractivity contribution < 1.29 is 18.6 Å². The lowest BCUT2D eigenvalue weighted by atomic mass is 9.75. The van der Waals surface area contributed by atoms with Gasteiger partial charge < -0.3 is 9.26 Å². The fraction of sp³-hybridized carbons (Fsp3) is 0.632. The van der Waals surface area contributed by atoms with Gasteiger partial charge >= 0.3 is 5.97 Å². The lowest BCUT2D eigenvalue weighted by Crippen LogP contribution is -2.35. The fourth-order valence-electron chi connectivity index (χ4n) is 3.53. The smallest absolute Gasteiger partial charge is 0.315 e. The highest BCUT2D eigenvalue weighted by Crippen LogP contribution is 2.51. The lowest BCUT2D eigenvalue weighted by Gasteiger charge is -2.38. The molecule has 0 N–H and O–H groups in total. The van der Waals surface area contributed by atoms with E-state index in [9.17, 15) is 9.36 Å². The van der Waals surface area contributed by atoms with Gasteiger partial charge in [-0.1, -0.05) is 45.4 Å². The minimum Gasteiger partial charge on any atom is -0.469 e. The summed E-state index contributed by atoms with van der Waals surface area (Å²) >= 11 is 0. The van der Waals surface area contributed by atoms with E-state index in [4.69, 9.17) is 9.26 Å². The van der Waals surface area contributed by atoms with E-state index < -0.39 is 13.3 Å². The summed E-state index contributed by atoms with van der Waals surface area (Å²) in [5.41, 5.74) is 0. The lowest BCUT2D eigenvalue weighted by molar-refractivity contribution is -0.137. The Morgan fingerprint density at radius 2 is 1.92 bits per heavy atom. The predicted octanol–water partition coefficient (Wildman–Crippen LogP) is 4.24. The van der Waals surface area contributed by atoms with E-state index >= 15 is 0 Å². The number of ether oxygens (including phenoxy) is 1. The Bertz CT molecular complexity index is 584. The van der Waals surface area contributed by atoms with E-state index in [-0.39, 0.29) is 12.3 Å². The fourth-order valence-corrected chi connectivity index (χ4v) is 5.69. The van der Waals surface area contributed by atoms with Crippen LogP contribution in [0.3, 0.4) is 0 Å². The second kappa shape index (κ2) is 8.31. The minimum absolute atomic E-state index is 0.0792.